The molecule has 114 valence electrons. The molecular formula is C12H16N4O5. The standard InChI is InChI=1S/C12H16N4O5/c1-6(2)9(10(13)17)15-11-8(16(19)20)5-4-7(14-11)12(18)21-3/h4-6,9H,1-3H3,(H2,13,17)(H,14,15). The summed E-state index contributed by atoms with van der Waals surface area (Å²) in [5, 5.41) is 13.6. The normalized spacial score (nSPS) is 11.8. The van der Waals surface area contributed by atoms with E-state index in [1.807, 2.05) is 0 Å². The van der Waals surface area contributed by atoms with Crippen LogP contribution in [0.5, 0.6) is 0 Å². The number of nitrogens with one attached hydrogen (secondary N) is 1. The van der Waals surface area contributed by atoms with Crippen molar-refractivity contribution < 1.29 is 19.2 Å². The van der Waals surface area contributed by atoms with Crippen LogP contribution in [-0.2, 0) is 9.53 Å². The van der Waals surface area contributed by atoms with Crippen LogP contribution in [0.25, 0.3) is 0 Å². The minimum Gasteiger partial charge on any atom is -0.464 e. The molecule has 0 aromatic carbocycles. The first-order valence-electron chi connectivity index (χ1n) is 6.07. The fraction of sp³-hybridized carbons (Fsp3) is 0.417. The van der Waals surface area contributed by atoms with Crippen molar-refractivity contribution >= 4 is 23.4 Å². The number of amides is 1. The van der Waals surface area contributed by atoms with Crippen LogP contribution in [0.15, 0.2) is 12.1 Å². The molecule has 1 rings (SSSR count). The third-order valence-corrected chi connectivity index (χ3v) is 2.73. The maximum atomic E-state index is 11.4. The summed E-state index contributed by atoms with van der Waals surface area (Å²) >= 11 is 0. The van der Waals surface area contributed by atoms with Gasteiger partial charge in [0.25, 0.3) is 0 Å². The maximum absolute atomic E-state index is 11.4. The highest BCUT2D eigenvalue weighted by Crippen LogP contribution is 2.24. The van der Waals surface area contributed by atoms with Gasteiger partial charge in [-0.25, -0.2) is 9.78 Å². The van der Waals surface area contributed by atoms with Gasteiger partial charge < -0.3 is 15.8 Å². The van der Waals surface area contributed by atoms with E-state index in [9.17, 15) is 19.7 Å². The highest BCUT2D eigenvalue weighted by Gasteiger charge is 2.25. The van der Waals surface area contributed by atoms with Gasteiger partial charge in [0.15, 0.2) is 5.69 Å². The Kier molecular flexibility index (Phi) is 5.17. The molecule has 0 saturated carbocycles. The van der Waals surface area contributed by atoms with E-state index in [0.29, 0.717) is 0 Å². The van der Waals surface area contributed by atoms with Crippen LogP contribution in [0.4, 0.5) is 11.5 Å². The zero-order chi connectivity index (χ0) is 16.2. The molecule has 1 unspecified atom stereocenters. The molecule has 1 aromatic rings. The van der Waals surface area contributed by atoms with Gasteiger partial charge >= 0.3 is 11.7 Å². The number of ether oxygens (including phenoxy) is 1. The van der Waals surface area contributed by atoms with Crippen molar-refractivity contribution in [2.75, 3.05) is 12.4 Å². The van der Waals surface area contributed by atoms with Gasteiger partial charge in [-0.05, 0) is 12.0 Å². The number of esters is 1. The molecule has 1 aromatic heterocycles. The summed E-state index contributed by atoms with van der Waals surface area (Å²) in [6, 6.07) is 1.42. The second-order valence-electron chi connectivity index (χ2n) is 4.58. The number of methoxy groups -OCH3 is 1. The Labute approximate surface area is 120 Å². The van der Waals surface area contributed by atoms with Gasteiger partial charge in [-0.3, -0.25) is 14.9 Å². The molecule has 1 amide bonds. The number of nitrogens with two attached hydrogens (primary N) is 1. The van der Waals surface area contributed by atoms with Crippen molar-refractivity contribution in [3.63, 3.8) is 0 Å². The third-order valence-electron chi connectivity index (χ3n) is 2.73. The summed E-state index contributed by atoms with van der Waals surface area (Å²) in [7, 11) is 1.17. The lowest BCUT2D eigenvalue weighted by Gasteiger charge is -2.19. The van der Waals surface area contributed by atoms with Crippen LogP contribution in [-0.4, -0.2) is 34.9 Å². The minimum absolute atomic E-state index is 0.113. The van der Waals surface area contributed by atoms with Crippen LogP contribution < -0.4 is 11.1 Å². The van der Waals surface area contributed by atoms with Crippen molar-refractivity contribution in [1.29, 1.82) is 0 Å². The molecule has 1 heterocycles. The van der Waals surface area contributed by atoms with E-state index in [-0.39, 0.29) is 23.1 Å². The van der Waals surface area contributed by atoms with E-state index in [4.69, 9.17) is 5.73 Å². The number of aromatic nitrogens is 1. The van der Waals surface area contributed by atoms with Gasteiger partial charge in [0, 0.05) is 6.07 Å². The van der Waals surface area contributed by atoms with E-state index in [1.165, 1.54) is 13.2 Å². The highest BCUT2D eigenvalue weighted by molar-refractivity contribution is 5.89. The van der Waals surface area contributed by atoms with Crippen molar-refractivity contribution in [2.24, 2.45) is 11.7 Å². The van der Waals surface area contributed by atoms with Gasteiger partial charge in [-0.1, -0.05) is 13.8 Å². The lowest BCUT2D eigenvalue weighted by atomic mass is 10.0. The molecule has 9 nitrogen and oxygen atoms in total. The van der Waals surface area contributed by atoms with Crippen molar-refractivity contribution in [3.05, 3.63) is 27.9 Å². The van der Waals surface area contributed by atoms with Crippen LogP contribution in [0.3, 0.4) is 0 Å². The number of primary amides is 1. The fourth-order valence-electron chi connectivity index (χ4n) is 1.64. The van der Waals surface area contributed by atoms with Crippen LogP contribution >= 0.6 is 0 Å². The number of carbonyl (C=O) groups excluding carboxylic acids is 2. The van der Waals surface area contributed by atoms with Crippen LogP contribution in [0.2, 0.25) is 0 Å². The van der Waals surface area contributed by atoms with Crippen molar-refractivity contribution in [1.82, 2.24) is 4.98 Å². The summed E-state index contributed by atoms with van der Waals surface area (Å²) in [4.78, 5) is 36.9. The van der Waals surface area contributed by atoms with E-state index in [0.717, 1.165) is 6.07 Å². The summed E-state index contributed by atoms with van der Waals surface area (Å²) < 4.78 is 4.50. The summed E-state index contributed by atoms with van der Waals surface area (Å²) in [5.41, 5.74) is 4.77. The van der Waals surface area contributed by atoms with E-state index < -0.39 is 22.8 Å². The monoisotopic (exact) mass is 296 g/mol. The maximum Gasteiger partial charge on any atom is 0.356 e. The van der Waals surface area contributed by atoms with Gasteiger partial charge in [0.2, 0.25) is 11.7 Å². The van der Waals surface area contributed by atoms with Crippen molar-refractivity contribution in [2.45, 2.75) is 19.9 Å². The molecule has 0 aliphatic heterocycles. The first-order chi connectivity index (χ1) is 9.77. The molecule has 0 aliphatic carbocycles. The predicted molar refractivity (Wildman–Crippen MR) is 73.7 cm³/mol. The smallest absolute Gasteiger partial charge is 0.356 e. The summed E-state index contributed by atoms with van der Waals surface area (Å²) in [6.07, 6.45) is 0. The second-order valence-corrected chi connectivity index (χ2v) is 4.58. The Morgan fingerprint density at radius 3 is 2.48 bits per heavy atom. The van der Waals surface area contributed by atoms with Crippen LogP contribution in [0.1, 0.15) is 24.3 Å². The molecule has 3 N–H and O–H groups in total. The van der Waals surface area contributed by atoms with Gasteiger partial charge in [0.1, 0.15) is 6.04 Å². The molecule has 0 radical (unpaired) electrons. The predicted octanol–water partition coefficient (Wildman–Crippen LogP) is 0.698. The zero-order valence-corrected chi connectivity index (χ0v) is 11.8. The summed E-state index contributed by atoms with van der Waals surface area (Å²) in [6.45, 7) is 3.44. The average Bonchev–Trinajstić information content (AvgIpc) is 2.42. The Morgan fingerprint density at radius 1 is 1.43 bits per heavy atom. The molecule has 9 heteroatoms. The number of hydrogen-bond donors (Lipinski definition) is 2. The number of nitro groups is 1. The molecule has 1 atom stereocenters. The zero-order valence-electron chi connectivity index (χ0n) is 11.8. The summed E-state index contributed by atoms with van der Waals surface area (Å²) in [5.74, 6) is -1.84. The topological polar surface area (TPSA) is 137 Å². The highest BCUT2D eigenvalue weighted by atomic mass is 16.6. The Bertz CT molecular complexity index is 573. The van der Waals surface area contributed by atoms with Gasteiger partial charge in [-0.2, -0.15) is 0 Å². The lowest BCUT2D eigenvalue weighted by Crippen LogP contribution is -2.40. The Hall–Kier alpha value is -2.71. The number of hydrogen-bond acceptors (Lipinski definition) is 7. The number of rotatable bonds is 6. The van der Waals surface area contributed by atoms with Crippen LogP contribution in [0, 0.1) is 16.0 Å². The van der Waals surface area contributed by atoms with Crippen molar-refractivity contribution in [3.8, 4) is 0 Å². The fourth-order valence-corrected chi connectivity index (χ4v) is 1.64. The first kappa shape index (κ1) is 16.3. The number of anilines is 1. The number of pyridine rings is 1. The Morgan fingerprint density at radius 2 is 2.05 bits per heavy atom. The number of carbonyl (C=O) groups is 2. The first-order valence-corrected chi connectivity index (χ1v) is 6.07. The molecule has 0 fully saturated rings. The molecule has 21 heavy (non-hydrogen) atoms. The lowest BCUT2D eigenvalue weighted by molar-refractivity contribution is -0.384. The third kappa shape index (κ3) is 3.88. The molecule has 0 bridgehead atoms. The second kappa shape index (κ2) is 6.64. The molecule has 0 spiro atoms. The van der Waals surface area contributed by atoms with Gasteiger partial charge in [-0.15, -0.1) is 0 Å². The van der Waals surface area contributed by atoms with E-state index >= 15 is 0 Å². The average molecular weight is 296 g/mol. The quantitative estimate of drug-likeness (QED) is 0.447. The van der Waals surface area contributed by atoms with E-state index in [2.05, 4.69) is 15.0 Å². The Balaban J connectivity index is 3.26. The molecular weight excluding hydrogens is 280 g/mol. The molecule has 0 saturated heterocycles. The number of nitrogens with zero attached hydrogens (tertiary/aromatic N) is 2. The molecule has 0 aliphatic rings. The minimum atomic E-state index is -0.857. The largest absolute Gasteiger partial charge is 0.464 e. The van der Waals surface area contributed by atoms with E-state index in [1.54, 1.807) is 13.8 Å². The van der Waals surface area contributed by atoms with Gasteiger partial charge in [0.05, 0.1) is 12.0 Å². The SMILES string of the molecule is COC(=O)c1ccc([N+](=O)[O-])c(NC(C(N)=O)C(C)C)n1.